The molecule has 7 nitrogen and oxygen atoms in total. The zero-order chi connectivity index (χ0) is 20.4. The first kappa shape index (κ1) is 18.9. The van der Waals surface area contributed by atoms with Crippen molar-refractivity contribution in [3.05, 3.63) is 71.8 Å². The second kappa shape index (κ2) is 7.87. The Kier molecular flexibility index (Phi) is 5.12. The molecule has 1 aliphatic heterocycles. The molecule has 1 saturated heterocycles. The van der Waals surface area contributed by atoms with E-state index in [2.05, 4.69) is 21.5 Å². The van der Waals surface area contributed by atoms with Crippen molar-refractivity contribution in [1.82, 2.24) is 14.8 Å². The number of aromatic nitrogens is 3. The van der Waals surface area contributed by atoms with Gasteiger partial charge < -0.3 is 10.2 Å². The van der Waals surface area contributed by atoms with Gasteiger partial charge in [0.05, 0.1) is 12.5 Å². The monoisotopic (exact) mass is 389 g/mol. The first-order valence-electron chi connectivity index (χ1n) is 9.59. The molecule has 2 aromatic carbocycles. The summed E-state index contributed by atoms with van der Waals surface area (Å²) in [5.41, 5.74) is 4.79. The number of amides is 2. The van der Waals surface area contributed by atoms with Crippen LogP contribution in [0.5, 0.6) is 0 Å². The number of nitrogens with one attached hydrogen (secondary N) is 1. The van der Waals surface area contributed by atoms with Crippen molar-refractivity contribution < 1.29 is 9.59 Å². The third kappa shape index (κ3) is 4.18. The first-order chi connectivity index (χ1) is 14.0. The Hall–Kier alpha value is -3.48. The number of anilines is 2. The van der Waals surface area contributed by atoms with E-state index in [1.807, 2.05) is 50.2 Å². The van der Waals surface area contributed by atoms with E-state index in [4.69, 9.17) is 0 Å². The number of hydrogen-bond donors (Lipinski definition) is 1. The summed E-state index contributed by atoms with van der Waals surface area (Å²) in [7, 11) is 0. The minimum atomic E-state index is -0.373. The molecule has 1 atom stereocenters. The fourth-order valence-corrected chi connectivity index (χ4v) is 3.72. The molecule has 2 amide bonds. The minimum Gasteiger partial charge on any atom is -0.326 e. The van der Waals surface area contributed by atoms with E-state index in [0.717, 1.165) is 22.4 Å². The molecule has 29 heavy (non-hydrogen) atoms. The molecule has 0 aliphatic carbocycles. The van der Waals surface area contributed by atoms with Crippen LogP contribution in [0.15, 0.2) is 55.1 Å². The molecule has 2 heterocycles. The maximum Gasteiger partial charge on any atom is 0.229 e. The lowest BCUT2D eigenvalue weighted by molar-refractivity contribution is -0.122. The maximum absolute atomic E-state index is 12.8. The molecule has 0 spiro atoms. The van der Waals surface area contributed by atoms with Crippen LogP contribution in [0.2, 0.25) is 0 Å². The molecule has 1 N–H and O–H groups in total. The van der Waals surface area contributed by atoms with E-state index < -0.39 is 0 Å². The SMILES string of the molecule is Cc1ccc(N2CC(C(=O)Nc3cccc(Cn4cncn4)c3)CC2=O)c(C)c1. The van der Waals surface area contributed by atoms with Crippen molar-refractivity contribution in [2.24, 2.45) is 5.92 Å². The average molecular weight is 389 g/mol. The van der Waals surface area contributed by atoms with Crippen LogP contribution in [0.4, 0.5) is 11.4 Å². The third-order valence-electron chi connectivity index (χ3n) is 5.14. The van der Waals surface area contributed by atoms with E-state index in [1.54, 1.807) is 15.9 Å². The van der Waals surface area contributed by atoms with Crippen LogP contribution in [0.25, 0.3) is 0 Å². The Labute approximate surface area is 169 Å². The molecular formula is C22H23N5O2. The summed E-state index contributed by atoms with van der Waals surface area (Å²) >= 11 is 0. The normalized spacial score (nSPS) is 16.3. The van der Waals surface area contributed by atoms with Crippen molar-refractivity contribution in [1.29, 1.82) is 0 Å². The Morgan fingerprint density at radius 3 is 2.83 bits per heavy atom. The highest BCUT2D eigenvalue weighted by atomic mass is 16.2. The van der Waals surface area contributed by atoms with E-state index in [1.165, 1.54) is 6.33 Å². The van der Waals surface area contributed by atoms with E-state index in [-0.39, 0.29) is 24.2 Å². The average Bonchev–Trinajstić information content (AvgIpc) is 3.32. The van der Waals surface area contributed by atoms with Gasteiger partial charge >= 0.3 is 0 Å². The van der Waals surface area contributed by atoms with Crippen LogP contribution in [0.3, 0.4) is 0 Å². The molecule has 1 unspecified atom stereocenters. The Balaban J connectivity index is 1.43. The third-order valence-corrected chi connectivity index (χ3v) is 5.14. The van der Waals surface area contributed by atoms with Gasteiger partial charge in [-0.1, -0.05) is 29.8 Å². The second-order valence-electron chi connectivity index (χ2n) is 7.48. The molecule has 3 aromatic rings. The van der Waals surface area contributed by atoms with Crippen LogP contribution in [0, 0.1) is 19.8 Å². The van der Waals surface area contributed by atoms with Crippen molar-refractivity contribution in [2.45, 2.75) is 26.8 Å². The lowest BCUT2D eigenvalue weighted by Crippen LogP contribution is -2.28. The molecule has 148 valence electrons. The van der Waals surface area contributed by atoms with Gasteiger partial charge in [-0.3, -0.25) is 9.59 Å². The number of rotatable bonds is 5. The summed E-state index contributed by atoms with van der Waals surface area (Å²) in [5, 5.41) is 7.06. The summed E-state index contributed by atoms with van der Waals surface area (Å²) in [6.45, 7) is 4.98. The maximum atomic E-state index is 12.8. The Morgan fingerprint density at radius 2 is 2.07 bits per heavy atom. The smallest absolute Gasteiger partial charge is 0.229 e. The van der Waals surface area contributed by atoms with Crippen LogP contribution < -0.4 is 10.2 Å². The fourth-order valence-electron chi connectivity index (χ4n) is 3.72. The fraction of sp³-hybridized carbons (Fsp3) is 0.273. The highest BCUT2D eigenvalue weighted by molar-refractivity contribution is 6.03. The van der Waals surface area contributed by atoms with Gasteiger partial charge in [-0.2, -0.15) is 5.10 Å². The van der Waals surface area contributed by atoms with Gasteiger partial charge in [-0.15, -0.1) is 0 Å². The topological polar surface area (TPSA) is 80.1 Å². The lowest BCUT2D eigenvalue weighted by Gasteiger charge is -2.19. The Morgan fingerprint density at radius 1 is 1.21 bits per heavy atom. The highest BCUT2D eigenvalue weighted by Crippen LogP contribution is 2.29. The summed E-state index contributed by atoms with van der Waals surface area (Å²) in [6.07, 6.45) is 3.36. The molecule has 4 rings (SSSR count). The van der Waals surface area contributed by atoms with Crippen LogP contribution >= 0.6 is 0 Å². The molecular weight excluding hydrogens is 366 g/mol. The van der Waals surface area contributed by atoms with Crippen molar-refractivity contribution in [3.63, 3.8) is 0 Å². The zero-order valence-electron chi connectivity index (χ0n) is 16.5. The van der Waals surface area contributed by atoms with Gasteiger partial charge in [-0.05, 0) is 43.2 Å². The van der Waals surface area contributed by atoms with Gasteiger partial charge in [0.25, 0.3) is 0 Å². The van der Waals surface area contributed by atoms with Crippen LogP contribution in [-0.4, -0.2) is 33.1 Å². The molecule has 0 saturated carbocycles. The molecule has 1 fully saturated rings. The number of hydrogen-bond acceptors (Lipinski definition) is 4. The largest absolute Gasteiger partial charge is 0.326 e. The van der Waals surface area contributed by atoms with Crippen LogP contribution in [-0.2, 0) is 16.1 Å². The van der Waals surface area contributed by atoms with E-state index in [0.29, 0.717) is 18.8 Å². The summed E-state index contributed by atoms with van der Waals surface area (Å²) in [6, 6.07) is 13.6. The number of carbonyl (C=O) groups is 2. The standard InChI is InChI=1S/C22H23N5O2/c1-15-6-7-20(16(2)8-15)27-12-18(10-21(27)28)22(29)25-19-5-3-4-17(9-19)11-26-14-23-13-24-26/h3-9,13-14,18H,10-12H2,1-2H3,(H,25,29). The van der Waals surface area contributed by atoms with Crippen molar-refractivity contribution >= 4 is 23.2 Å². The Bertz CT molecular complexity index is 1050. The highest BCUT2D eigenvalue weighted by Gasteiger charge is 2.35. The minimum absolute atomic E-state index is 0.0166. The summed E-state index contributed by atoms with van der Waals surface area (Å²) in [4.78, 5) is 31.0. The molecule has 1 aromatic heterocycles. The number of aryl methyl sites for hydroxylation is 2. The van der Waals surface area contributed by atoms with Gasteiger partial charge in [0.1, 0.15) is 12.7 Å². The van der Waals surface area contributed by atoms with Crippen molar-refractivity contribution in [3.8, 4) is 0 Å². The van der Waals surface area contributed by atoms with Gasteiger partial charge in [0.2, 0.25) is 11.8 Å². The molecule has 0 bridgehead atoms. The summed E-state index contributed by atoms with van der Waals surface area (Å²) < 4.78 is 1.72. The number of nitrogens with zero attached hydrogens (tertiary/aromatic N) is 4. The van der Waals surface area contributed by atoms with Gasteiger partial charge in [-0.25, -0.2) is 9.67 Å². The summed E-state index contributed by atoms with van der Waals surface area (Å²) in [5.74, 6) is -0.525. The van der Waals surface area contributed by atoms with Crippen LogP contribution in [0.1, 0.15) is 23.1 Å². The predicted molar refractivity (Wildman–Crippen MR) is 111 cm³/mol. The predicted octanol–water partition coefficient (Wildman–Crippen LogP) is 2.93. The molecule has 7 heteroatoms. The number of carbonyl (C=O) groups excluding carboxylic acids is 2. The zero-order valence-corrected chi connectivity index (χ0v) is 16.5. The number of benzene rings is 2. The van der Waals surface area contributed by atoms with Gasteiger partial charge in [0, 0.05) is 24.3 Å². The van der Waals surface area contributed by atoms with E-state index >= 15 is 0 Å². The second-order valence-corrected chi connectivity index (χ2v) is 7.48. The van der Waals surface area contributed by atoms with E-state index in [9.17, 15) is 9.59 Å². The molecule has 0 radical (unpaired) electrons. The molecule has 1 aliphatic rings. The lowest BCUT2D eigenvalue weighted by atomic mass is 10.1. The quantitative estimate of drug-likeness (QED) is 0.728. The van der Waals surface area contributed by atoms with Gasteiger partial charge in [0.15, 0.2) is 0 Å². The van der Waals surface area contributed by atoms with Crippen molar-refractivity contribution in [2.75, 3.05) is 16.8 Å². The first-order valence-corrected chi connectivity index (χ1v) is 9.59.